The van der Waals surface area contributed by atoms with Gasteiger partial charge in [0.2, 0.25) is 0 Å². The number of hydrogen-bond donors (Lipinski definition) is 2. The third-order valence-electron chi connectivity index (χ3n) is 3.29. The first-order chi connectivity index (χ1) is 8.77. The lowest BCUT2D eigenvalue weighted by Gasteiger charge is -2.05. The SMILES string of the molecule is Cc1[nH]c2c(c(=O)n(C)c(=O)n2C)[n+]1[C@@H](C)C(=O)O. The minimum atomic E-state index is -1.05. The van der Waals surface area contributed by atoms with Crippen molar-refractivity contribution in [3.63, 3.8) is 0 Å². The first-order valence-electron chi connectivity index (χ1n) is 5.70. The Morgan fingerprint density at radius 2 is 1.89 bits per heavy atom. The Hall–Kier alpha value is -2.38. The number of hydrogen-bond acceptors (Lipinski definition) is 3. The van der Waals surface area contributed by atoms with Gasteiger partial charge in [-0.1, -0.05) is 0 Å². The first-order valence-corrected chi connectivity index (χ1v) is 5.70. The van der Waals surface area contributed by atoms with Gasteiger partial charge in [-0.3, -0.25) is 13.9 Å². The van der Waals surface area contributed by atoms with Crippen LogP contribution in [-0.2, 0) is 18.9 Å². The van der Waals surface area contributed by atoms with Gasteiger partial charge in [-0.25, -0.2) is 19.1 Å². The van der Waals surface area contributed by atoms with E-state index in [2.05, 4.69) is 4.98 Å². The highest BCUT2D eigenvalue weighted by molar-refractivity contribution is 5.71. The normalized spacial score (nSPS) is 12.8. The number of imidazole rings is 1. The van der Waals surface area contributed by atoms with E-state index >= 15 is 0 Å². The fraction of sp³-hybridized carbons (Fsp3) is 0.455. The van der Waals surface area contributed by atoms with Crippen LogP contribution in [0, 0.1) is 6.92 Å². The number of aromatic amines is 1. The summed E-state index contributed by atoms with van der Waals surface area (Å²) in [6.07, 6.45) is 0. The highest BCUT2D eigenvalue weighted by atomic mass is 16.4. The monoisotopic (exact) mass is 267 g/mol. The van der Waals surface area contributed by atoms with Crippen LogP contribution in [0.5, 0.6) is 0 Å². The molecule has 102 valence electrons. The van der Waals surface area contributed by atoms with Crippen LogP contribution in [0.1, 0.15) is 18.8 Å². The molecule has 0 amide bonds. The maximum absolute atomic E-state index is 12.2. The summed E-state index contributed by atoms with van der Waals surface area (Å²) in [7, 11) is 2.89. The van der Waals surface area contributed by atoms with Crippen LogP contribution in [0.25, 0.3) is 11.2 Å². The van der Waals surface area contributed by atoms with Gasteiger partial charge in [-0.15, -0.1) is 0 Å². The lowest BCUT2D eigenvalue weighted by atomic mass is 10.3. The first kappa shape index (κ1) is 13.1. The van der Waals surface area contributed by atoms with E-state index in [1.807, 2.05) is 0 Å². The van der Waals surface area contributed by atoms with Crippen LogP contribution in [0.15, 0.2) is 9.59 Å². The number of fused-ring (bicyclic) bond motifs is 1. The summed E-state index contributed by atoms with van der Waals surface area (Å²) in [4.78, 5) is 38.0. The predicted molar refractivity (Wildman–Crippen MR) is 66.1 cm³/mol. The topological polar surface area (TPSA) is 101 Å². The van der Waals surface area contributed by atoms with Crippen LogP contribution in [0.3, 0.4) is 0 Å². The molecule has 0 aliphatic carbocycles. The average molecular weight is 267 g/mol. The van der Waals surface area contributed by atoms with Crippen molar-refractivity contribution in [1.82, 2.24) is 14.1 Å². The van der Waals surface area contributed by atoms with E-state index in [-0.39, 0.29) is 5.52 Å². The van der Waals surface area contributed by atoms with Crippen LogP contribution in [0.2, 0.25) is 0 Å². The second-order valence-corrected chi connectivity index (χ2v) is 4.50. The number of carboxylic acid groups (broad SMARTS) is 1. The minimum absolute atomic E-state index is 0.178. The standard InChI is InChI=1S/C11H14N4O4/c1-5(10(17)18)15-6(2)12-8-7(15)9(16)14(4)11(19)13(8)3/h5H,1-4H3,(H,17,18)/p+1/t5-/m0/s1. The summed E-state index contributed by atoms with van der Waals surface area (Å²) in [5.41, 5.74) is -0.486. The predicted octanol–water partition coefficient (Wildman–Crippen LogP) is -1.19. The molecule has 2 rings (SSSR count). The molecule has 0 saturated heterocycles. The Balaban J connectivity index is 3.04. The number of aromatic nitrogens is 4. The second kappa shape index (κ2) is 4.08. The Morgan fingerprint density at radius 3 is 2.42 bits per heavy atom. The van der Waals surface area contributed by atoms with Crippen molar-refractivity contribution in [2.45, 2.75) is 19.9 Å². The van der Waals surface area contributed by atoms with Crippen molar-refractivity contribution in [1.29, 1.82) is 0 Å². The number of aryl methyl sites for hydroxylation is 2. The van der Waals surface area contributed by atoms with Gasteiger partial charge in [-0.05, 0) is 6.92 Å². The van der Waals surface area contributed by atoms with Gasteiger partial charge in [0, 0.05) is 21.0 Å². The van der Waals surface area contributed by atoms with Crippen molar-refractivity contribution >= 4 is 17.1 Å². The fourth-order valence-electron chi connectivity index (χ4n) is 2.18. The van der Waals surface area contributed by atoms with Gasteiger partial charge in [0.1, 0.15) is 0 Å². The van der Waals surface area contributed by atoms with Crippen molar-refractivity contribution in [2.75, 3.05) is 0 Å². The molecule has 2 heterocycles. The molecule has 8 nitrogen and oxygen atoms in total. The third-order valence-corrected chi connectivity index (χ3v) is 3.29. The zero-order valence-electron chi connectivity index (χ0n) is 11.1. The van der Waals surface area contributed by atoms with Gasteiger partial charge in [0.05, 0.1) is 0 Å². The van der Waals surface area contributed by atoms with E-state index in [4.69, 9.17) is 5.11 Å². The maximum atomic E-state index is 12.2. The molecule has 2 aromatic heterocycles. The second-order valence-electron chi connectivity index (χ2n) is 4.50. The Morgan fingerprint density at radius 1 is 1.32 bits per heavy atom. The number of nitrogens with one attached hydrogen (secondary N) is 1. The number of H-pyrrole nitrogens is 1. The molecule has 0 aliphatic rings. The summed E-state index contributed by atoms with van der Waals surface area (Å²) in [5.74, 6) is -0.548. The lowest BCUT2D eigenvalue weighted by Crippen LogP contribution is -2.49. The maximum Gasteiger partial charge on any atom is 0.349 e. The smallest absolute Gasteiger partial charge is 0.349 e. The molecular formula is C11H15N4O4+. The highest BCUT2D eigenvalue weighted by Gasteiger charge is 2.30. The number of nitrogens with zero attached hydrogens (tertiary/aromatic N) is 3. The number of carboxylic acids is 1. The molecule has 0 unspecified atom stereocenters. The van der Waals surface area contributed by atoms with E-state index in [1.54, 1.807) is 6.92 Å². The molecule has 2 aromatic rings. The molecule has 1 atom stereocenters. The number of carbonyl (C=O) groups is 1. The molecule has 2 N–H and O–H groups in total. The van der Waals surface area contributed by atoms with E-state index in [0.29, 0.717) is 11.5 Å². The van der Waals surface area contributed by atoms with Gasteiger partial charge in [-0.2, -0.15) is 0 Å². The van der Waals surface area contributed by atoms with E-state index in [9.17, 15) is 14.4 Å². The van der Waals surface area contributed by atoms with Gasteiger partial charge < -0.3 is 5.11 Å². The van der Waals surface area contributed by atoms with Gasteiger partial charge in [0.25, 0.3) is 17.0 Å². The summed E-state index contributed by atoms with van der Waals surface area (Å²) >= 11 is 0. The average Bonchev–Trinajstić information content (AvgIpc) is 2.70. The molecule has 8 heteroatoms. The largest absolute Gasteiger partial charge is 0.478 e. The lowest BCUT2D eigenvalue weighted by molar-refractivity contribution is -0.688. The molecule has 0 aliphatic heterocycles. The number of rotatable bonds is 2. The zero-order chi connectivity index (χ0) is 14.5. The van der Waals surface area contributed by atoms with Crippen molar-refractivity contribution < 1.29 is 14.5 Å². The summed E-state index contributed by atoms with van der Waals surface area (Å²) in [6, 6.07) is -0.904. The highest BCUT2D eigenvalue weighted by Crippen LogP contribution is 2.06. The van der Waals surface area contributed by atoms with Crippen LogP contribution in [-0.4, -0.2) is 25.2 Å². The van der Waals surface area contributed by atoms with E-state index in [0.717, 1.165) is 4.57 Å². The summed E-state index contributed by atoms with van der Waals surface area (Å²) in [5, 5.41) is 9.11. The Bertz CT molecular complexity index is 796. The molecule has 0 saturated carbocycles. The molecule has 0 bridgehead atoms. The quantitative estimate of drug-likeness (QED) is 0.668. The Kier molecular flexibility index (Phi) is 2.80. The van der Waals surface area contributed by atoms with Crippen molar-refractivity contribution in [3.05, 3.63) is 26.7 Å². The van der Waals surface area contributed by atoms with Gasteiger partial charge >= 0.3 is 17.2 Å². The van der Waals surface area contributed by atoms with Crippen molar-refractivity contribution in [3.8, 4) is 0 Å². The zero-order valence-corrected chi connectivity index (χ0v) is 11.1. The Labute approximate surface area is 107 Å². The van der Waals surface area contributed by atoms with Crippen molar-refractivity contribution in [2.24, 2.45) is 14.1 Å². The summed E-state index contributed by atoms with van der Waals surface area (Å²) in [6.45, 7) is 3.14. The number of aliphatic carboxylic acids is 1. The molecular weight excluding hydrogens is 252 g/mol. The third kappa shape index (κ3) is 1.67. The van der Waals surface area contributed by atoms with Crippen LogP contribution < -0.4 is 15.8 Å². The van der Waals surface area contributed by atoms with E-state index in [1.165, 1.54) is 30.2 Å². The molecule has 0 fully saturated rings. The molecule has 0 spiro atoms. The van der Waals surface area contributed by atoms with Crippen LogP contribution in [0.4, 0.5) is 0 Å². The van der Waals surface area contributed by atoms with E-state index < -0.39 is 23.3 Å². The molecule has 0 aromatic carbocycles. The minimum Gasteiger partial charge on any atom is -0.478 e. The van der Waals surface area contributed by atoms with Gasteiger partial charge in [0.15, 0.2) is 6.04 Å². The summed E-state index contributed by atoms with van der Waals surface area (Å²) < 4.78 is 3.63. The fourth-order valence-corrected chi connectivity index (χ4v) is 2.18. The molecule has 19 heavy (non-hydrogen) atoms. The molecule has 0 radical (unpaired) electrons. The van der Waals surface area contributed by atoms with Crippen LogP contribution >= 0.6 is 0 Å².